The second-order valence-corrected chi connectivity index (χ2v) is 14.4. The Morgan fingerprint density at radius 3 is 1.60 bits per heavy atom. The Morgan fingerprint density at radius 2 is 0.774 bits per heavy atom. The monoisotopic (exact) mass is 670 g/mol. The van der Waals surface area contributed by atoms with Gasteiger partial charge in [-0.15, -0.1) is 0 Å². The second kappa shape index (κ2) is 10.8. The Morgan fingerprint density at radius 1 is 0.264 bits per heavy atom. The number of fused-ring (bicyclic) bond motifs is 7. The molecule has 1 aromatic heterocycles. The van der Waals surface area contributed by atoms with Gasteiger partial charge in [0.05, 0.1) is 0 Å². The summed E-state index contributed by atoms with van der Waals surface area (Å²) in [7, 11) is 0. The lowest BCUT2D eigenvalue weighted by Gasteiger charge is -2.17. The molecule has 12 aromatic rings. The first-order valence-corrected chi connectivity index (χ1v) is 18.3. The van der Waals surface area contributed by atoms with Crippen molar-refractivity contribution < 1.29 is 4.42 Å². The molecule has 0 aliphatic heterocycles. The highest BCUT2D eigenvalue weighted by molar-refractivity contribution is 6.28. The summed E-state index contributed by atoms with van der Waals surface area (Å²) in [6.07, 6.45) is 0. The fraction of sp³-hybridized carbons (Fsp3) is 0. The van der Waals surface area contributed by atoms with Gasteiger partial charge in [-0.25, -0.2) is 0 Å². The smallest absolute Gasteiger partial charge is 0.143 e. The molecule has 0 bridgehead atoms. The first-order chi connectivity index (χ1) is 26.3. The van der Waals surface area contributed by atoms with Crippen LogP contribution in [0, 0.1) is 0 Å². The summed E-state index contributed by atoms with van der Waals surface area (Å²) in [4.78, 5) is 0. The maximum absolute atomic E-state index is 6.97. The van der Waals surface area contributed by atoms with E-state index in [4.69, 9.17) is 4.42 Å². The van der Waals surface area contributed by atoms with E-state index in [0.717, 1.165) is 32.9 Å². The molecule has 11 aromatic carbocycles. The van der Waals surface area contributed by atoms with Gasteiger partial charge in [-0.1, -0.05) is 164 Å². The lowest BCUT2D eigenvalue weighted by Crippen LogP contribution is -1.90. The van der Waals surface area contributed by atoms with E-state index in [-0.39, 0.29) is 0 Å². The molecule has 0 spiro atoms. The average Bonchev–Trinajstić information content (AvgIpc) is 3.61. The zero-order valence-electron chi connectivity index (χ0n) is 28.7. The predicted molar refractivity (Wildman–Crippen MR) is 226 cm³/mol. The van der Waals surface area contributed by atoms with Crippen molar-refractivity contribution in [3.8, 4) is 33.4 Å². The van der Waals surface area contributed by atoms with Gasteiger partial charge in [0, 0.05) is 16.2 Å². The van der Waals surface area contributed by atoms with Crippen molar-refractivity contribution >= 4 is 86.6 Å². The van der Waals surface area contributed by atoms with Gasteiger partial charge >= 0.3 is 0 Å². The molecular formula is C52H30O. The molecule has 12 rings (SSSR count). The number of rotatable bonds is 3. The maximum Gasteiger partial charge on any atom is 0.143 e. The molecule has 0 amide bonds. The number of furan rings is 1. The molecule has 0 fully saturated rings. The number of hydrogen-bond acceptors (Lipinski definition) is 1. The van der Waals surface area contributed by atoms with E-state index in [1.165, 1.54) is 87.1 Å². The van der Waals surface area contributed by atoms with E-state index >= 15 is 0 Å². The van der Waals surface area contributed by atoms with Crippen molar-refractivity contribution in [1.82, 2.24) is 0 Å². The number of benzene rings is 11. The lowest BCUT2D eigenvalue weighted by atomic mass is 9.86. The molecule has 0 atom stereocenters. The van der Waals surface area contributed by atoms with Gasteiger partial charge in [0.25, 0.3) is 0 Å². The minimum atomic E-state index is 0.900. The predicted octanol–water partition coefficient (Wildman–Crippen LogP) is 14.9. The lowest BCUT2D eigenvalue weighted by molar-refractivity contribution is 0.673. The van der Waals surface area contributed by atoms with Crippen LogP contribution in [0.25, 0.3) is 120 Å². The van der Waals surface area contributed by atoms with Crippen LogP contribution in [-0.2, 0) is 0 Å². The third-order valence-corrected chi connectivity index (χ3v) is 11.6. The van der Waals surface area contributed by atoms with Crippen LogP contribution in [0.5, 0.6) is 0 Å². The largest absolute Gasteiger partial charge is 0.455 e. The maximum atomic E-state index is 6.97. The van der Waals surface area contributed by atoms with Crippen LogP contribution in [0.4, 0.5) is 0 Å². The summed E-state index contributed by atoms with van der Waals surface area (Å²) in [5.74, 6) is 0. The molecule has 0 aliphatic carbocycles. The van der Waals surface area contributed by atoms with E-state index in [1.807, 2.05) is 0 Å². The standard InChI is InChI=1S/C52H30O/c1-3-14-37-31(9-1)11-8-18-41(37)43-28-27-38(40-16-5-6-17-42(40)43)36-29-47(51-46-26-21-32-10-2-4-15-39(32)52(46)53-48(51)30-36)44-24-22-35-20-19-33-12-7-13-34-23-25-45(44)50(35)49(33)34/h1-30H. The molecule has 0 saturated carbocycles. The SMILES string of the molecule is c1ccc2c(-c3ccc(-c4cc(-c5ccc6ccc7cccc8ccc5c6c78)c5c(c4)oc4c6ccccc6ccc45)c4ccccc34)cccc2c1. The molecule has 1 heterocycles. The van der Waals surface area contributed by atoms with Gasteiger partial charge in [0.1, 0.15) is 11.2 Å². The van der Waals surface area contributed by atoms with E-state index in [2.05, 4.69) is 182 Å². The van der Waals surface area contributed by atoms with Gasteiger partial charge in [0.15, 0.2) is 0 Å². The Balaban J connectivity index is 1.18. The van der Waals surface area contributed by atoms with Gasteiger partial charge in [-0.2, -0.15) is 0 Å². The van der Waals surface area contributed by atoms with Crippen LogP contribution in [0.2, 0.25) is 0 Å². The van der Waals surface area contributed by atoms with Gasteiger partial charge in [-0.05, 0) is 111 Å². The van der Waals surface area contributed by atoms with Gasteiger partial charge < -0.3 is 4.42 Å². The normalized spacial score (nSPS) is 12.2. The quantitative estimate of drug-likeness (QED) is 0.171. The summed E-state index contributed by atoms with van der Waals surface area (Å²) in [6, 6.07) is 66.8. The molecule has 0 N–H and O–H groups in total. The Labute approximate surface area is 305 Å². The summed E-state index contributed by atoms with van der Waals surface area (Å²) < 4.78 is 6.97. The topological polar surface area (TPSA) is 13.1 Å². The van der Waals surface area contributed by atoms with E-state index < -0.39 is 0 Å². The minimum absolute atomic E-state index is 0.900. The van der Waals surface area contributed by atoms with Crippen molar-refractivity contribution in [2.75, 3.05) is 0 Å². The Hall–Kier alpha value is -6.96. The minimum Gasteiger partial charge on any atom is -0.455 e. The number of hydrogen-bond donors (Lipinski definition) is 0. The van der Waals surface area contributed by atoms with Gasteiger partial charge in [-0.3, -0.25) is 0 Å². The first-order valence-electron chi connectivity index (χ1n) is 18.3. The van der Waals surface area contributed by atoms with Crippen molar-refractivity contribution in [1.29, 1.82) is 0 Å². The van der Waals surface area contributed by atoms with E-state index in [9.17, 15) is 0 Å². The summed E-state index contributed by atoms with van der Waals surface area (Å²) >= 11 is 0. The molecule has 0 unspecified atom stereocenters. The molecule has 0 aliphatic rings. The second-order valence-electron chi connectivity index (χ2n) is 14.4. The van der Waals surface area contributed by atoms with Crippen molar-refractivity contribution in [2.24, 2.45) is 0 Å². The average molecular weight is 671 g/mol. The molecule has 53 heavy (non-hydrogen) atoms. The van der Waals surface area contributed by atoms with E-state index in [0.29, 0.717) is 0 Å². The zero-order chi connectivity index (χ0) is 34.6. The van der Waals surface area contributed by atoms with Crippen LogP contribution >= 0.6 is 0 Å². The fourth-order valence-electron chi connectivity index (χ4n) is 9.22. The molecule has 1 nitrogen and oxygen atoms in total. The van der Waals surface area contributed by atoms with Crippen molar-refractivity contribution in [2.45, 2.75) is 0 Å². The van der Waals surface area contributed by atoms with Crippen LogP contribution in [0.3, 0.4) is 0 Å². The highest BCUT2D eigenvalue weighted by Gasteiger charge is 2.21. The zero-order valence-corrected chi connectivity index (χ0v) is 28.7. The summed E-state index contributed by atoms with van der Waals surface area (Å²) in [5.41, 5.74) is 9.06. The first kappa shape index (κ1) is 28.7. The van der Waals surface area contributed by atoms with Crippen LogP contribution in [-0.4, -0.2) is 0 Å². The third kappa shape index (κ3) is 4.08. The van der Waals surface area contributed by atoms with Crippen molar-refractivity contribution in [3.05, 3.63) is 182 Å². The summed E-state index contributed by atoms with van der Waals surface area (Å²) in [6.45, 7) is 0. The van der Waals surface area contributed by atoms with Crippen molar-refractivity contribution in [3.63, 3.8) is 0 Å². The molecular weight excluding hydrogens is 641 g/mol. The summed E-state index contributed by atoms with van der Waals surface area (Å²) in [5, 5.41) is 17.3. The highest BCUT2D eigenvalue weighted by atomic mass is 16.3. The Bertz CT molecular complexity index is 3430. The molecule has 0 saturated heterocycles. The molecule has 0 radical (unpaired) electrons. The van der Waals surface area contributed by atoms with Crippen LogP contribution < -0.4 is 0 Å². The van der Waals surface area contributed by atoms with Crippen LogP contribution in [0.15, 0.2) is 186 Å². The Kier molecular flexibility index (Phi) is 5.84. The van der Waals surface area contributed by atoms with E-state index in [1.54, 1.807) is 0 Å². The van der Waals surface area contributed by atoms with Gasteiger partial charge in [0.2, 0.25) is 0 Å². The molecule has 1 heteroatoms. The molecule has 244 valence electrons. The van der Waals surface area contributed by atoms with Crippen LogP contribution in [0.1, 0.15) is 0 Å². The fourth-order valence-corrected chi connectivity index (χ4v) is 9.22. The third-order valence-electron chi connectivity index (χ3n) is 11.6. The highest BCUT2D eigenvalue weighted by Crippen LogP contribution is 2.47.